The molecule has 0 saturated carbocycles. The number of carbonyl (C=O) groups excluding carboxylic acids is 1. The Morgan fingerprint density at radius 1 is 1.56 bits per heavy atom. The van der Waals surface area contributed by atoms with Gasteiger partial charge in [-0.3, -0.25) is 4.79 Å². The molecule has 1 aromatic carbocycles. The molecular formula is C12H11ClINO. The van der Waals surface area contributed by atoms with Crippen LogP contribution in [0.25, 0.3) is 10.9 Å². The van der Waals surface area contributed by atoms with Gasteiger partial charge in [-0.05, 0) is 24.6 Å². The van der Waals surface area contributed by atoms with Crippen LogP contribution in [0.3, 0.4) is 0 Å². The Bertz CT molecular complexity index is 574. The molecule has 1 heterocycles. The first-order valence-corrected chi connectivity index (χ1v) is 7.77. The van der Waals surface area contributed by atoms with Crippen LogP contribution in [-0.2, 0) is 11.2 Å². The highest BCUT2D eigenvalue weighted by Crippen LogP contribution is 2.28. The molecule has 2 nitrogen and oxygen atoms in total. The molecule has 2 aromatic rings. The highest BCUT2D eigenvalue weighted by molar-refractivity contribution is 14.2. The second kappa shape index (κ2) is 4.67. The molecule has 0 aliphatic heterocycles. The summed E-state index contributed by atoms with van der Waals surface area (Å²) in [5.41, 5.74) is 2.03. The topological polar surface area (TPSA) is 32.9 Å². The summed E-state index contributed by atoms with van der Waals surface area (Å²) in [5.74, 6) is 0.168. The lowest BCUT2D eigenvalue weighted by molar-refractivity contribution is -0.116. The van der Waals surface area contributed by atoms with Gasteiger partial charge in [0.15, 0.2) is 0 Å². The van der Waals surface area contributed by atoms with Crippen molar-refractivity contribution in [2.24, 2.45) is 0 Å². The van der Waals surface area contributed by atoms with Gasteiger partial charge in [-0.25, -0.2) is 0 Å². The molecule has 0 unspecified atom stereocenters. The summed E-state index contributed by atoms with van der Waals surface area (Å²) in [6.45, 7) is 1.60. The maximum Gasteiger partial charge on any atom is 0.134 e. The summed E-state index contributed by atoms with van der Waals surface area (Å²) in [4.78, 5) is 14.3. The third-order valence-corrected chi connectivity index (χ3v) is 4.74. The number of rotatable bonds is 3. The summed E-state index contributed by atoms with van der Waals surface area (Å²) in [6, 6.07) is 3.98. The predicted molar refractivity (Wildman–Crippen MR) is 77.5 cm³/mol. The fourth-order valence-corrected chi connectivity index (χ4v) is 3.25. The highest BCUT2D eigenvalue weighted by Gasteiger charge is 2.08. The normalized spacial score (nSPS) is 10.9. The van der Waals surface area contributed by atoms with E-state index in [2.05, 4.69) is 15.6 Å². The average Bonchev–Trinajstić information content (AvgIpc) is 2.59. The lowest BCUT2D eigenvalue weighted by Gasteiger charge is -2.00. The van der Waals surface area contributed by atoms with Crippen LogP contribution in [0.1, 0.15) is 12.5 Å². The Morgan fingerprint density at radius 2 is 2.31 bits per heavy atom. The van der Waals surface area contributed by atoms with Crippen molar-refractivity contribution in [2.75, 3.05) is 0 Å². The Morgan fingerprint density at radius 3 is 2.94 bits per heavy atom. The molecule has 84 valence electrons. The van der Waals surface area contributed by atoms with Gasteiger partial charge in [0, 0.05) is 27.1 Å². The molecule has 0 fully saturated rings. The van der Waals surface area contributed by atoms with Gasteiger partial charge in [0.05, 0.1) is 5.02 Å². The Hall–Kier alpha value is -0.680. The molecule has 0 aliphatic carbocycles. The van der Waals surface area contributed by atoms with Crippen molar-refractivity contribution in [3.8, 4) is 0 Å². The number of halogens is 2. The average molecular weight is 348 g/mol. The van der Waals surface area contributed by atoms with Crippen LogP contribution in [0.4, 0.5) is 0 Å². The SMILES string of the molecule is C=Ic1cc2c(CC(C)=O)c[nH]c2cc1Cl. The minimum atomic E-state index is -0.283. The van der Waals surface area contributed by atoms with Crippen LogP contribution in [0.2, 0.25) is 5.02 Å². The lowest BCUT2D eigenvalue weighted by Crippen LogP contribution is -1.94. The number of fused-ring (bicyclic) bond motifs is 1. The number of benzene rings is 1. The van der Waals surface area contributed by atoms with Crippen molar-refractivity contribution in [3.05, 3.63) is 32.5 Å². The van der Waals surface area contributed by atoms with E-state index >= 15 is 0 Å². The Balaban J connectivity index is 2.61. The lowest BCUT2D eigenvalue weighted by atomic mass is 10.1. The van der Waals surface area contributed by atoms with Crippen molar-refractivity contribution < 1.29 is 4.79 Å². The van der Waals surface area contributed by atoms with Crippen LogP contribution < -0.4 is 0 Å². The summed E-state index contributed by atoms with van der Waals surface area (Å²) in [5, 5.41) is 1.87. The second-order valence-corrected chi connectivity index (χ2v) is 5.97. The van der Waals surface area contributed by atoms with E-state index in [1.165, 1.54) is 0 Å². The quantitative estimate of drug-likeness (QED) is 0.847. The summed E-state index contributed by atoms with van der Waals surface area (Å²) < 4.78 is 5.07. The molecule has 16 heavy (non-hydrogen) atoms. The minimum Gasteiger partial charge on any atom is -0.361 e. The smallest absolute Gasteiger partial charge is 0.134 e. The first kappa shape index (κ1) is 11.8. The second-order valence-electron chi connectivity index (χ2n) is 3.64. The molecule has 1 N–H and O–H groups in total. The number of carbonyl (C=O) groups is 1. The largest absolute Gasteiger partial charge is 0.361 e. The van der Waals surface area contributed by atoms with Crippen LogP contribution in [0.5, 0.6) is 0 Å². The monoisotopic (exact) mass is 347 g/mol. The fourth-order valence-electron chi connectivity index (χ4n) is 1.69. The number of H-pyrrole nitrogens is 1. The zero-order valence-electron chi connectivity index (χ0n) is 8.81. The van der Waals surface area contributed by atoms with Crippen molar-refractivity contribution in [1.29, 1.82) is 0 Å². The molecule has 0 aliphatic rings. The highest BCUT2D eigenvalue weighted by atomic mass is 127. The van der Waals surface area contributed by atoms with Crippen LogP contribution in [0.15, 0.2) is 18.3 Å². The summed E-state index contributed by atoms with van der Waals surface area (Å²) in [6.07, 6.45) is 2.35. The van der Waals surface area contributed by atoms with E-state index in [1.54, 1.807) is 6.92 Å². The third-order valence-electron chi connectivity index (χ3n) is 2.39. The molecule has 0 bridgehead atoms. The van der Waals surface area contributed by atoms with E-state index in [-0.39, 0.29) is 26.5 Å². The van der Waals surface area contributed by atoms with E-state index in [0.717, 1.165) is 25.1 Å². The molecule has 0 saturated heterocycles. The van der Waals surface area contributed by atoms with Crippen molar-refractivity contribution in [1.82, 2.24) is 4.98 Å². The van der Waals surface area contributed by atoms with Crippen molar-refractivity contribution in [3.63, 3.8) is 0 Å². The Labute approximate surface area is 109 Å². The molecular weight excluding hydrogens is 336 g/mol. The van der Waals surface area contributed by atoms with Gasteiger partial charge in [0.25, 0.3) is 0 Å². The van der Waals surface area contributed by atoms with Gasteiger partial charge >= 0.3 is 0 Å². The predicted octanol–water partition coefficient (Wildman–Crippen LogP) is 3.53. The molecule has 2 rings (SSSR count). The van der Waals surface area contributed by atoms with Crippen LogP contribution in [-0.4, -0.2) is 15.3 Å². The zero-order chi connectivity index (χ0) is 11.7. The molecule has 4 heteroatoms. The van der Waals surface area contributed by atoms with E-state index in [9.17, 15) is 4.79 Å². The first-order chi connectivity index (χ1) is 7.61. The summed E-state index contributed by atoms with van der Waals surface area (Å²) in [7, 11) is 0. The maximum absolute atomic E-state index is 11.1. The number of nitrogens with one attached hydrogen (secondary N) is 1. The van der Waals surface area contributed by atoms with E-state index in [0.29, 0.717) is 6.42 Å². The van der Waals surface area contributed by atoms with Crippen LogP contribution >= 0.6 is 32.3 Å². The number of aromatic nitrogens is 1. The van der Waals surface area contributed by atoms with E-state index in [4.69, 9.17) is 11.6 Å². The standard InChI is InChI=1S/C12H11ClINO/c1-7(16)3-8-6-15-12-5-10(13)11(14-2)4-9(8)12/h4-6,15H,2-3H2,1H3. The van der Waals surface area contributed by atoms with Crippen molar-refractivity contribution >= 4 is 53.5 Å². The van der Waals surface area contributed by atoms with Gasteiger partial charge in [0.2, 0.25) is 0 Å². The number of aromatic amines is 1. The zero-order valence-corrected chi connectivity index (χ0v) is 11.7. The van der Waals surface area contributed by atoms with Gasteiger partial charge in [-0.2, -0.15) is 0 Å². The number of hydrogen-bond donors (Lipinski definition) is 1. The Kier molecular flexibility index (Phi) is 3.44. The van der Waals surface area contributed by atoms with Gasteiger partial charge in [-0.1, -0.05) is 36.8 Å². The number of Topliss-reactive ketones (excluding diaryl/α,β-unsaturated/α-hetero) is 1. The van der Waals surface area contributed by atoms with E-state index < -0.39 is 0 Å². The van der Waals surface area contributed by atoms with Gasteiger partial charge < -0.3 is 4.98 Å². The first-order valence-electron chi connectivity index (χ1n) is 4.79. The maximum atomic E-state index is 11.1. The van der Waals surface area contributed by atoms with Gasteiger partial charge in [-0.15, -0.1) is 0 Å². The third kappa shape index (κ3) is 2.20. The molecule has 1 aromatic heterocycles. The number of hydrogen-bond acceptors (Lipinski definition) is 1. The molecule has 0 radical (unpaired) electrons. The molecule has 0 spiro atoms. The van der Waals surface area contributed by atoms with Crippen LogP contribution in [0, 0.1) is 3.57 Å². The minimum absolute atomic E-state index is 0.168. The fraction of sp³-hybridized carbons (Fsp3) is 0.167. The van der Waals surface area contributed by atoms with Crippen molar-refractivity contribution in [2.45, 2.75) is 13.3 Å². The van der Waals surface area contributed by atoms with Gasteiger partial charge in [0.1, 0.15) is 5.78 Å². The molecule has 0 amide bonds. The van der Waals surface area contributed by atoms with E-state index in [1.807, 2.05) is 12.3 Å². The summed E-state index contributed by atoms with van der Waals surface area (Å²) >= 11 is 5.84. The number of ketones is 1. The molecule has 0 atom stereocenters.